The molecule has 0 saturated carbocycles. The van der Waals surface area contributed by atoms with Gasteiger partial charge in [0, 0.05) is 38.5 Å². The minimum absolute atomic E-state index is 0.00411. The first-order valence-electron chi connectivity index (χ1n) is 10.3. The zero-order valence-electron chi connectivity index (χ0n) is 17.7. The topological polar surface area (TPSA) is 78.5 Å². The lowest BCUT2D eigenvalue weighted by molar-refractivity contribution is -0.117. The standard InChI is InChI=1S/C24H26N4O3/c1-27(13-12-17-8-4-3-5-9-17)24-25-19(15-22(29)26-24)18-14-23(30)28(16-18)20-10-6-7-11-21(20)31-2/h3-11,15,18H,12-14,16H2,1-2H3,(H,25,26,29)/t18-/m1/s1. The fraction of sp³-hybridized carbons (Fsp3) is 0.292. The molecule has 1 amide bonds. The molecule has 0 bridgehead atoms. The minimum Gasteiger partial charge on any atom is -0.495 e. The van der Waals surface area contributed by atoms with Gasteiger partial charge in [0.25, 0.3) is 5.56 Å². The predicted octanol–water partition coefficient (Wildman–Crippen LogP) is 2.98. The first-order valence-corrected chi connectivity index (χ1v) is 10.3. The van der Waals surface area contributed by atoms with Gasteiger partial charge in [-0.25, -0.2) is 4.98 Å². The van der Waals surface area contributed by atoms with E-state index in [1.807, 2.05) is 54.4 Å². The highest BCUT2D eigenvalue weighted by atomic mass is 16.5. The van der Waals surface area contributed by atoms with Gasteiger partial charge in [0.05, 0.1) is 18.5 Å². The Balaban J connectivity index is 1.52. The van der Waals surface area contributed by atoms with Crippen molar-refractivity contribution in [2.24, 2.45) is 0 Å². The van der Waals surface area contributed by atoms with E-state index in [9.17, 15) is 9.59 Å². The van der Waals surface area contributed by atoms with E-state index in [-0.39, 0.29) is 17.4 Å². The molecule has 2 heterocycles. The lowest BCUT2D eigenvalue weighted by atomic mass is 10.0. The number of likely N-dealkylation sites (N-methyl/N-ethyl adjacent to an activating group) is 1. The summed E-state index contributed by atoms with van der Waals surface area (Å²) in [5.41, 5.74) is 2.38. The molecule has 0 radical (unpaired) electrons. The third kappa shape index (κ3) is 4.60. The first-order chi connectivity index (χ1) is 15.0. The molecule has 31 heavy (non-hydrogen) atoms. The highest BCUT2D eigenvalue weighted by Gasteiger charge is 2.34. The first kappa shape index (κ1) is 20.7. The summed E-state index contributed by atoms with van der Waals surface area (Å²) in [7, 11) is 3.50. The molecule has 160 valence electrons. The van der Waals surface area contributed by atoms with Crippen molar-refractivity contribution in [1.29, 1.82) is 0 Å². The number of benzene rings is 2. The Hall–Kier alpha value is -3.61. The van der Waals surface area contributed by atoms with Crippen LogP contribution in [-0.4, -0.2) is 43.1 Å². The zero-order chi connectivity index (χ0) is 21.8. The van der Waals surface area contributed by atoms with Crippen LogP contribution in [-0.2, 0) is 11.2 Å². The molecular formula is C24H26N4O3. The smallest absolute Gasteiger partial charge is 0.252 e. The number of amides is 1. The number of H-pyrrole nitrogens is 1. The summed E-state index contributed by atoms with van der Waals surface area (Å²) >= 11 is 0. The predicted molar refractivity (Wildman–Crippen MR) is 121 cm³/mol. The van der Waals surface area contributed by atoms with Gasteiger partial charge in [-0.15, -0.1) is 0 Å². The number of methoxy groups -OCH3 is 1. The summed E-state index contributed by atoms with van der Waals surface area (Å²) in [5.74, 6) is 1.01. The number of nitrogens with zero attached hydrogens (tertiary/aromatic N) is 3. The molecule has 2 aromatic carbocycles. The third-order valence-electron chi connectivity index (χ3n) is 5.61. The molecule has 7 nitrogen and oxygen atoms in total. The van der Waals surface area contributed by atoms with Crippen LogP contribution in [0.25, 0.3) is 0 Å². The molecule has 1 N–H and O–H groups in total. The molecule has 1 saturated heterocycles. The summed E-state index contributed by atoms with van der Waals surface area (Å²) in [4.78, 5) is 36.2. The van der Waals surface area contributed by atoms with Crippen LogP contribution < -0.4 is 20.1 Å². The summed E-state index contributed by atoms with van der Waals surface area (Å²) in [5, 5.41) is 0. The van der Waals surface area contributed by atoms with Crippen molar-refractivity contribution in [3.63, 3.8) is 0 Å². The van der Waals surface area contributed by atoms with E-state index < -0.39 is 0 Å². The van der Waals surface area contributed by atoms with E-state index >= 15 is 0 Å². The second kappa shape index (κ2) is 9.04. The van der Waals surface area contributed by atoms with Crippen molar-refractivity contribution in [2.45, 2.75) is 18.8 Å². The molecule has 0 spiro atoms. The van der Waals surface area contributed by atoms with Crippen molar-refractivity contribution in [3.8, 4) is 5.75 Å². The summed E-state index contributed by atoms with van der Waals surface area (Å²) in [6.45, 7) is 1.18. The quantitative estimate of drug-likeness (QED) is 0.638. The number of ether oxygens (including phenoxy) is 1. The average molecular weight is 418 g/mol. The molecule has 1 aliphatic rings. The minimum atomic E-state index is -0.213. The van der Waals surface area contributed by atoms with Crippen LogP contribution in [0.15, 0.2) is 65.5 Å². The Bertz CT molecular complexity index is 1110. The van der Waals surface area contributed by atoms with Crippen LogP contribution in [0.1, 0.15) is 23.6 Å². The average Bonchev–Trinajstić information content (AvgIpc) is 3.19. The normalized spacial score (nSPS) is 15.9. The van der Waals surface area contributed by atoms with Gasteiger partial charge in [-0.2, -0.15) is 0 Å². The number of anilines is 2. The summed E-state index contributed by atoms with van der Waals surface area (Å²) < 4.78 is 5.41. The second-order valence-corrected chi connectivity index (χ2v) is 7.73. The van der Waals surface area contributed by atoms with Crippen molar-refractivity contribution in [1.82, 2.24) is 9.97 Å². The number of rotatable bonds is 7. The van der Waals surface area contributed by atoms with Crippen LogP contribution in [0.4, 0.5) is 11.6 Å². The molecule has 1 fully saturated rings. The molecule has 1 atom stereocenters. The van der Waals surface area contributed by atoms with Crippen LogP contribution >= 0.6 is 0 Å². The van der Waals surface area contributed by atoms with Crippen molar-refractivity contribution < 1.29 is 9.53 Å². The number of aromatic amines is 1. The number of carbonyl (C=O) groups excluding carboxylic acids is 1. The van der Waals surface area contributed by atoms with Crippen LogP contribution in [0, 0.1) is 0 Å². The summed E-state index contributed by atoms with van der Waals surface area (Å²) in [6.07, 6.45) is 1.15. The van der Waals surface area contributed by atoms with E-state index in [0.717, 1.165) is 12.1 Å². The fourth-order valence-electron chi connectivity index (χ4n) is 3.89. The van der Waals surface area contributed by atoms with Gasteiger partial charge in [-0.3, -0.25) is 14.6 Å². The van der Waals surface area contributed by atoms with Gasteiger partial charge >= 0.3 is 0 Å². The van der Waals surface area contributed by atoms with Gasteiger partial charge in [0.2, 0.25) is 11.9 Å². The molecular weight excluding hydrogens is 392 g/mol. The maximum absolute atomic E-state index is 12.7. The Morgan fingerprint density at radius 1 is 1.13 bits per heavy atom. The number of nitrogens with one attached hydrogen (secondary N) is 1. The number of carbonyl (C=O) groups is 1. The Kier molecular flexibility index (Phi) is 6.02. The SMILES string of the molecule is COc1ccccc1N1C[C@H](c2cc(=O)[nH]c(N(C)CCc3ccccc3)n2)CC1=O. The number of aromatic nitrogens is 2. The molecule has 0 aliphatic carbocycles. The van der Waals surface area contributed by atoms with E-state index in [4.69, 9.17) is 9.72 Å². The largest absolute Gasteiger partial charge is 0.495 e. The monoisotopic (exact) mass is 418 g/mol. The van der Waals surface area contributed by atoms with Crippen molar-refractivity contribution >= 4 is 17.5 Å². The van der Waals surface area contributed by atoms with E-state index in [2.05, 4.69) is 17.1 Å². The second-order valence-electron chi connectivity index (χ2n) is 7.73. The highest BCUT2D eigenvalue weighted by Crippen LogP contribution is 2.35. The van der Waals surface area contributed by atoms with Crippen LogP contribution in [0.2, 0.25) is 0 Å². The zero-order valence-corrected chi connectivity index (χ0v) is 17.7. The van der Waals surface area contributed by atoms with Gasteiger partial charge in [-0.05, 0) is 24.1 Å². The van der Waals surface area contributed by atoms with Crippen LogP contribution in [0.3, 0.4) is 0 Å². The fourth-order valence-corrected chi connectivity index (χ4v) is 3.89. The Morgan fingerprint density at radius 2 is 1.87 bits per heavy atom. The van der Waals surface area contributed by atoms with Crippen molar-refractivity contribution in [2.75, 3.05) is 37.0 Å². The van der Waals surface area contributed by atoms with Crippen molar-refractivity contribution in [3.05, 3.63) is 82.3 Å². The van der Waals surface area contributed by atoms with Gasteiger partial charge in [0.1, 0.15) is 5.75 Å². The maximum atomic E-state index is 12.7. The number of hydrogen-bond acceptors (Lipinski definition) is 5. The van der Waals surface area contributed by atoms with Gasteiger partial charge < -0.3 is 14.5 Å². The summed E-state index contributed by atoms with van der Waals surface area (Å²) in [6, 6.07) is 19.1. The van der Waals surface area contributed by atoms with Crippen LogP contribution in [0.5, 0.6) is 5.75 Å². The van der Waals surface area contributed by atoms with E-state index in [1.165, 1.54) is 11.6 Å². The molecule has 1 aliphatic heterocycles. The van der Waals surface area contributed by atoms with Gasteiger partial charge in [0.15, 0.2) is 0 Å². The lowest BCUT2D eigenvalue weighted by Crippen LogP contribution is -2.27. The lowest BCUT2D eigenvalue weighted by Gasteiger charge is -2.20. The third-order valence-corrected chi connectivity index (χ3v) is 5.61. The Morgan fingerprint density at radius 3 is 2.65 bits per heavy atom. The maximum Gasteiger partial charge on any atom is 0.252 e. The number of hydrogen-bond donors (Lipinski definition) is 1. The highest BCUT2D eigenvalue weighted by molar-refractivity contribution is 5.97. The van der Waals surface area contributed by atoms with E-state index in [1.54, 1.807) is 12.0 Å². The molecule has 0 unspecified atom stereocenters. The molecule has 4 rings (SSSR count). The van der Waals surface area contributed by atoms with E-state index in [0.29, 0.717) is 36.9 Å². The molecule has 1 aromatic heterocycles. The van der Waals surface area contributed by atoms with Gasteiger partial charge in [-0.1, -0.05) is 42.5 Å². The molecule has 7 heteroatoms. The molecule has 3 aromatic rings. The number of para-hydroxylation sites is 2. The Labute approximate surface area is 181 Å².